The predicted octanol–water partition coefficient (Wildman–Crippen LogP) is 2.72. The van der Waals surface area contributed by atoms with Crippen molar-refractivity contribution in [3.8, 4) is 5.75 Å². The molecule has 1 aliphatic heterocycles. The van der Waals surface area contributed by atoms with E-state index in [1.165, 1.54) is 17.0 Å². The lowest BCUT2D eigenvalue weighted by Gasteiger charge is -2.08. The second kappa shape index (κ2) is 6.78. The molecule has 1 saturated heterocycles. The van der Waals surface area contributed by atoms with Crippen LogP contribution in [0, 0.1) is 0 Å². The molecule has 25 heavy (non-hydrogen) atoms. The van der Waals surface area contributed by atoms with Gasteiger partial charge >= 0.3 is 5.97 Å². The lowest BCUT2D eigenvalue weighted by molar-refractivity contribution is -0.121. The number of carbonyl (C=O) groups is 2. The summed E-state index contributed by atoms with van der Waals surface area (Å²) in [7, 11) is 1.57. The zero-order valence-corrected chi connectivity index (χ0v) is 13.9. The van der Waals surface area contributed by atoms with Crippen molar-refractivity contribution in [2.24, 2.45) is 4.99 Å². The van der Waals surface area contributed by atoms with Crippen molar-refractivity contribution in [1.29, 1.82) is 0 Å². The van der Waals surface area contributed by atoms with Crippen LogP contribution >= 0.6 is 11.8 Å². The molecule has 0 saturated carbocycles. The number of amides is 1. The Kier molecular flexibility index (Phi) is 4.53. The highest BCUT2D eigenvalue weighted by atomic mass is 32.2. The van der Waals surface area contributed by atoms with E-state index < -0.39 is 5.97 Å². The maximum absolute atomic E-state index is 12.4. The fourth-order valence-corrected chi connectivity index (χ4v) is 3.14. The van der Waals surface area contributed by atoms with Gasteiger partial charge in [-0.25, -0.2) is 9.79 Å². The number of pyridine rings is 1. The van der Waals surface area contributed by atoms with Crippen molar-refractivity contribution in [2.45, 2.75) is 0 Å². The molecule has 7 nitrogen and oxygen atoms in total. The molecule has 0 radical (unpaired) electrons. The molecule has 0 bridgehead atoms. The topological polar surface area (TPSA) is 103 Å². The molecule has 2 heterocycles. The van der Waals surface area contributed by atoms with Crippen LogP contribution in [0.3, 0.4) is 0 Å². The number of hydrogen-bond acceptors (Lipinski definition) is 6. The van der Waals surface area contributed by atoms with Crippen LogP contribution in [0.2, 0.25) is 0 Å². The van der Waals surface area contributed by atoms with Gasteiger partial charge in [-0.3, -0.25) is 14.7 Å². The number of carboxylic acids is 1. The van der Waals surface area contributed by atoms with Crippen LogP contribution in [0.5, 0.6) is 5.75 Å². The number of phenols is 1. The molecule has 8 heteroatoms. The zero-order valence-electron chi connectivity index (χ0n) is 13.1. The summed E-state index contributed by atoms with van der Waals surface area (Å²) < 4.78 is 0. The number of rotatable bonds is 3. The Morgan fingerprint density at radius 3 is 2.68 bits per heavy atom. The molecule has 1 aromatic carbocycles. The maximum Gasteiger partial charge on any atom is 0.338 e. The van der Waals surface area contributed by atoms with Crippen molar-refractivity contribution < 1.29 is 19.8 Å². The third-order valence-corrected chi connectivity index (χ3v) is 4.49. The molecular formula is C17H13N3O4S. The number of carboxylic acid groups (broad SMARTS) is 1. The Morgan fingerprint density at radius 1 is 1.28 bits per heavy atom. The Bertz CT molecular complexity index is 909. The summed E-state index contributed by atoms with van der Waals surface area (Å²) in [5.41, 5.74) is 0.856. The number of benzene rings is 1. The highest BCUT2D eigenvalue weighted by molar-refractivity contribution is 8.18. The summed E-state index contributed by atoms with van der Waals surface area (Å²) in [4.78, 5) is 33.7. The second-order valence-electron chi connectivity index (χ2n) is 5.16. The van der Waals surface area contributed by atoms with E-state index in [-0.39, 0.29) is 22.9 Å². The quantitative estimate of drug-likeness (QED) is 0.821. The van der Waals surface area contributed by atoms with E-state index in [4.69, 9.17) is 0 Å². The molecule has 2 aromatic rings. The Hall–Kier alpha value is -3.13. The van der Waals surface area contributed by atoms with E-state index in [9.17, 15) is 19.8 Å². The van der Waals surface area contributed by atoms with Gasteiger partial charge in [0.1, 0.15) is 5.75 Å². The number of aromatic carboxylic acids is 1. The lowest BCUT2D eigenvalue weighted by Crippen LogP contribution is -2.23. The number of nitrogens with zero attached hydrogens (tertiary/aromatic N) is 3. The molecule has 0 aliphatic carbocycles. The molecular weight excluding hydrogens is 342 g/mol. The van der Waals surface area contributed by atoms with E-state index in [2.05, 4.69) is 9.98 Å². The number of phenolic OH excluding ortho intramolecular Hbond substituents is 1. The lowest BCUT2D eigenvalue weighted by atomic mass is 10.2. The molecule has 126 valence electrons. The van der Waals surface area contributed by atoms with Crippen LogP contribution < -0.4 is 0 Å². The minimum atomic E-state index is -1.21. The van der Waals surface area contributed by atoms with Gasteiger partial charge in [-0.05, 0) is 53.7 Å². The molecule has 1 amide bonds. The summed E-state index contributed by atoms with van der Waals surface area (Å²) in [6.45, 7) is 0. The second-order valence-corrected chi connectivity index (χ2v) is 6.17. The van der Waals surface area contributed by atoms with Crippen molar-refractivity contribution in [3.05, 3.63) is 58.8 Å². The van der Waals surface area contributed by atoms with E-state index >= 15 is 0 Å². The first-order chi connectivity index (χ1) is 12.0. The van der Waals surface area contributed by atoms with Crippen LogP contribution in [0.25, 0.3) is 6.08 Å². The number of hydrogen-bond donors (Lipinski definition) is 2. The number of carbonyl (C=O) groups excluding carboxylic acids is 1. The zero-order chi connectivity index (χ0) is 18.0. The van der Waals surface area contributed by atoms with E-state index in [1.807, 2.05) is 0 Å². The Morgan fingerprint density at radius 2 is 2.00 bits per heavy atom. The van der Waals surface area contributed by atoms with Crippen molar-refractivity contribution in [1.82, 2.24) is 9.88 Å². The monoisotopic (exact) mass is 355 g/mol. The third kappa shape index (κ3) is 3.53. The van der Waals surface area contributed by atoms with Crippen molar-refractivity contribution in [3.63, 3.8) is 0 Å². The van der Waals surface area contributed by atoms with Crippen molar-refractivity contribution >= 4 is 40.6 Å². The van der Waals surface area contributed by atoms with Crippen LogP contribution in [0.15, 0.2) is 52.6 Å². The van der Waals surface area contributed by atoms with Crippen LogP contribution in [0.4, 0.5) is 5.69 Å². The number of aliphatic imine (C=N–C) groups is 1. The summed E-state index contributed by atoms with van der Waals surface area (Å²) in [5, 5.41) is 19.1. The summed E-state index contributed by atoms with van der Waals surface area (Å²) >= 11 is 1.15. The molecule has 1 fully saturated rings. The molecule has 1 aliphatic rings. The molecule has 3 rings (SSSR count). The van der Waals surface area contributed by atoms with Gasteiger partial charge in [0.15, 0.2) is 5.17 Å². The van der Waals surface area contributed by atoms with Gasteiger partial charge in [0.2, 0.25) is 0 Å². The highest BCUT2D eigenvalue weighted by Crippen LogP contribution is 2.34. The predicted molar refractivity (Wildman–Crippen MR) is 94.7 cm³/mol. The first kappa shape index (κ1) is 16.7. The Balaban J connectivity index is 1.97. The van der Waals surface area contributed by atoms with Gasteiger partial charge in [-0.1, -0.05) is 0 Å². The number of likely N-dealkylation sites (N-methyl/N-ethyl adjacent to an activating group) is 1. The van der Waals surface area contributed by atoms with E-state index in [0.29, 0.717) is 10.1 Å². The minimum Gasteiger partial charge on any atom is -0.508 e. The number of amidine groups is 1. The van der Waals surface area contributed by atoms with Gasteiger partial charge in [0.05, 0.1) is 16.2 Å². The standard InChI is InChI=1S/C17H13N3O4S/c1-20-15(22)14(8-10-4-6-18-7-5-10)25-17(20)19-13-3-2-11(21)9-12(13)16(23)24/h2-9,21H,1H3,(H,23,24)/b14-8-,19-17?. The number of aromatic hydroxyl groups is 1. The average Bonchev–Trinajstić information content (AvgIpc) is 2.85. The normalized spacial score (nSPS) is 17.5. The Labute approximate surface area is 147 Å². The van der Waals surface area contributed by atoms with Gasteiger partial charge < -0.3 is 10.2 Å². The summed E-state index contributed by atoms with van der Waals surface area (Å²) in [5.74, 6) is -1.60. The van der Waals surface area contributed by atoms with Gasteiger partial charge in [-0.2, -0.15) is 0 Å². The average molecular weight is 355 g/mol. The van der Waals surface area contributed by atoms with Gasteiger partial charge in [0, 0.05) is 19.4 Å². The summed E-state index contributed by atoms with van der Waals surface area (Å²) in [6, 6.07) is 7.42. The van der Waals surface area contributed by atoms with E-state index in [1.54, 1.807) is 37.7 Å². The van der Waals surface area contributed by atoms with Crippen LogP contribution in [-0.4, -0.2) is 44.2 Å². The third-order valence-electron chi connectivity index (χ3n) is 3.43. The summed E-state index contributed by atoms with van der Waals surface area (Å²) in [6.07, 6.45) is 4.98. The molecule has 0 spiro atoms. The van der Waals surface area contributed by atoms with Crippen LogP contribution in [0.1, 0.15) is 15.9 Å². The number of thioether (sulfide) groups is 1. The minimum absolute atomic E-state index is 0.138. The first-order valence-electron chi connectivity index (χ1n) is 7.18. The van der Waals surface area contributed by atoms with Gasteiger partial charge in [-0.15, -0.1) is 0 Å². The fraction of sp³-hybridized carbons (Fsp3) is 0.0588. The highest BCUT2D eigenvalue weighted by Gasteiger charge is 2.30. The SMILES string of the molecule is CN1C(=O)/C(=C/c2ccncc2)SC1=Nc1ccc(O)cc1C(=O)O. The first-order valence-corrected chi connectivity index (χ1v) is 8.00. The molecule has 1 aromatic heterocycles. The molecule has 2 N–H and O–H groups in total. The van der Waals surface area contributed by atoms with Crippen LogP contribution in [-0.2, 0) is 4.79 Å². The van der Waals surface area contributed by atoms with Crippen molar-refractivity contribution in [2.75, 3.05) is 7.05 Å². The van der Waals surface area contributed by atoms with E-state index in [0.717, 1.165) is 23.4 Å². The largest absolute Gasteiger partial charge is 0.508 e. The smallest absolute Gasteiger partial charge is 0.338 e. The number of aromatic nitrogens is 1. The molecule has 0 unspecified atom stereocenters. The maximum atomic E-state index is 12.4. The fourth-order valence-electron chi connectivity index (χ4n) is 2.16. The van der Waals surface area contributed by atoms with Gasteiger partial charge in [0.25, 0.3) is 5.91 Å². The molecule has 0 atom stereocenters.